The van der Waals surface area contributed by atoms with Gasteiger partial charge in [0.15, 0.2) is 0 Å². The number of carboxylic acids is 2. The first-order valence-electron chi connectivity index (χ1n) is 20.4. The van der Waals surface area contributed by atoms with E-state index in [4.69, 9.17) is 0 Å². The lowest BCUT2D eigenvalue weighted by molar-refractivity contribution is 0.0682. The highest BCUT2D eigenvalue weighted by Gasteiger charge is 2.24. The van der Waals surface area contributed by atoms with Crippen molar-refractivity contribution in [1.29, 1.82) is 0 Å². The lowest BCUT2D eigenvalue weighted by Crippen LogP contribution is -2.03. The number of carbonyl (C=O) groups is 2. The minimum atomic E-state index is -5.05. The predicted octanol–water partition coefficient (Wildman–Crippen LogP) is 11.9. The van der Waals surface area contributed by atoms with E-state index < -0.39 is 79.6 Å². The fourth-order valence-electron chi connectivity index (χ4n) is 7.01. The molecule has 0 unspecified atom stereocenters. The molecular formula is C46H31N9O15S3. The molecule has 0 saturated heterocycles. The minimum absolute atomic E-state index is 0.00936. The number of nitrogens with zero attached hydrogens (tertiary/aromatic N) is 8. The second-order valence-electron chi connectivity index (χ2n) is 15.2. The molecule has 73 heavy (non-hydrogen) atoms. The third-order valence-corrected chi connectivity index (χ3v) is 13.0. The Kier molecular flexibility index (Phi) is 13.6. The van der Waals surface area contributed by atoms with Gasteiger partial charge in [0, 0.05) is 27.2 Å². The maximum absolute atomic E-state index is 12.7. The van der Waals surface area contributed by atoms with Crippen molar-refractivity contribution in [2.75, 3.05) is 5.32 Å². The standard InChI is InChI=1S/C46H31N9O15S3/c56-38-17-14-26(19-33(38)45(58)59)49-52-36-22-41(72(65,66)67)43(31-7-3-1-5-29(31)36)54-48-25-11-9-24(10-12-25)47-35-16-13-28(21-40(35)71(62,63)64)50-53-37-23-42(73(68,69)70)44(32-8-4-2-6-30(32)37)55-51-27-15-18-39(57)34(20-27)46(60)61/h1-23,47,56-57H,(H,58,59)(H,60,61)(H,62,63,64)(H,65,66,67)(H,68,69,70). The summed E-state index contributed by atoms with van der Waals surface area (Å²) in [5.41, 5.74) is -1.71. The molecule has 368 valence electrons. The van der Waals surface area contributed by atoms with Crippen LogP contribution in [0.3, 0.4) is 0 Å². The molecular weight excluding hydrogens is 1010 g/mol. The first-order valence-corrected chi connectivity index (χ1v) is 24.7. The topological polar surface area (TPSA) is 389 Å². The summed E-state index contributed by atoms with van der Waals surface area (Å²) < 4.78 is 107. The van der Waals surface area contributed by atoms with Gasteiger partial charge in [-0.2, -0.15) is 45.7 Å². The SMILES string of the molecule is O=C(O)c1cc(N=Nc2cc(S(=O)(=O)O)c(N=Nc3ccc(Nc4ccc(N=Nc5cc(S(=O)(=O)O)c(N=Nc6ccc(O)c(C(=O)O)c6)c6ccccc56)cc4S(=O)(=O)O)cc3)c3ccccc23)ccc1O. The van der Waals surface area contributed by atoms with E-state index in [0.29, 0.717) is 5.39 Å². The average Bonchev–Trinajstić information content (AvgIpc) is 3.34. The van der Waals surface area contributed by atoms with Crippen molar-refractivity contribution in [3.8, 4) is 11.5 Å². The molecule has 0 atom stereocenters. The fraction of sp³-hybridized carbons (Fsp3) is 0. The molecule has 0 aliphatic carbocycles. The molecule has 0 bridgehead atoms. The van der Waals surface area contributed by atoms with Crippen molar-refractivity contribution in [3.05, 3.63) is 151 Å². The molecule has 0 amide bonds. The van der Waals surface area contributed by atoms with Gasteiger partial charge in [-0.25, -0.2) is 9.59 Å². The summed E-state index contributed by atoms with van der Waals surface area (Å²) in [5, 5.41) is 74.5. The minimum Gasteiger partial charge on any atom is -0.507 e. The third-order valence-electron chi connectivity index (χ3n) is 10.4. The molecule has 0 aromatic heterocycles. The molecule has 0 radical (unpaired) electrons. The molecule has 0 saturated carbocycles. The largest absolute Gasteiger partial charge is 0.507 e. The summed E-state index contributed by atoms with van der Waals surface area (Å²) in [5.74, 6) is -3.95. The first kappa shape index (κ1) is 50.1. The Morgan fingerprint density at radius 2 is 0.767 bits per heavy atom. The monoisotopic (exact) mass is 1050 g/mol. The predicted molar refractivity (Wildman–Crippen MR) is 260 cm³/mol. The molecule has 27 heteroatoms. The van der Waals surface area contributed by atoms with Crippen molar-refractivity contribution >= 4 is 121 Å². The van der Waals surface area contributed by atoms with Gasteiger partial charge in [0.25, 0.3) is 30.4 Å². The molecule has 0 fully saturated rings. The fourth-order valence-corrected chi connectivity index (χ4v) is 8.99. The van der Waals surface area contributed by atoms with Gasteiger partial charge in [-0.3, -0.25) is 13.7 Å². The van der Waals surface area contributed by atoms with E-state index in [9.17, 15) is 68.9 Å². The van der Waals surface area contributed by atoms with Crippen LogP contribution in [-0.4, -0.2) is 71.3 Å². The van der Waals surface area contributed by atoms with Gasteiger partial charge >= 0.3 is 11.9 Å². The van der Waals surface area contributed by atoms with E-state index in [-0.39, 0.29) is 73.0 Å². The molecule has 0 spiro atoms. The van der Waals surface area contributed by atoms with Crippen LogP contribution in [0, 0.1) is 0 Å². The number of rotatable bonds is 15. The number of fused-ring (bicyclic) bond motifs is 2. The Morgan fingerprint density at radius 1 is 0.397 bits per heavy atom. The summed E-state index contributed by atoms with van der Waals surface area (Å²) in [6.07, 6.45) is 0. The summed E-state index contributed by atoms with van der Waals surface area (Å²) in [4.78, 5) is 20.9. The molecule has 24 nitrogen and oxygen atoms in total. The number of phenols is 2. The van der Waals surface area contributed by atoms with E-state index in [0.717, 1.165) is 42.5 Å². The summed E-state index contributed by atoms with van der Waals surface area (Å²) in [6.45, 7) is 0. The molecule has 8 aromatic carbocycles. The Balaban J connectivity index is 1.06. The first-order chi connectivity index (χ1) is 34.5. The van der Waals surface area contributed by atoms with Crippen molar-refractivity contribution < 1.29 is 68.9 Å². The maximum Gasteiger partial charge on any atom is 0.339 e. The van der Waals surface area contributed by atoms with E-state index >= 15 is 0 Å². The normalized spacial score (nSPS) is 12.5. The van der Waals surface area contributed by atoms with Crippen LogP contribution >= 0.6 is 0 Å². The van der Waals surface area contributed by atoms with Crippen molar-refractivity contribution in [3.63, 3.8) is 0 Å². The van der Waals surface area contributed by atoms with Crippen LogP contribution in [0.4, 0.5) is 56.9 Å². The number of aromatic carboxylic acids is 2. The number of hydrogen-bond donors (Lipinski definition) is 8. The Labute approximate surface area is 411 Å². The van der Waals surface area contributed by atoms with Crippen LogP contribution in [0.2, 0.25) is 0 Å². The van der Waals surface area contributed by atoms with Crippen LogP contribution in [0.15, 0.2) is 195 Å². The zero-order valence-corrected chi connectivity index (χ0v) is 38.9. The molecule has 8 rings (SSSR count). The van der Waals surface area contributed by atoms with Gasteiger partial charge in [-0.05, 0) is 91.0 Å². The third kappa shape index (κ3) is 11.2. The number of benzene rings is 8. The highest BCUT2D eigenvalue weighted by atomic mass is 32.2. The van der Waals surface area contributed by atoms with Gasteiger partial charge in [-0.1, -0.05) is 48.5 Å². The van der Waals surface area contributed by atoms with Crippen molar-refractivity contribution in [1.82, 2.24) is 0 Å². The average molecular weight is 1050 g/mol. The smallest absolute Gasteiger partial charge is 0.339 e. The number of azo groups is 4. The van der Waals surface area contributed by atoms with Crippen LogP contribution in [0.5, 0.6) is 11.5 Å². The van der Waals surface area contributed by atoms with Crippen LogP contribution in [-0.2, 0) is 30.4 Å². The Hall–Kier alpha value is -9.25. The van der Waals surface area contributed by atoms with E-state index in [2.05, 4.69) is 46.2 Å². The maximum atomic E-state index is 12.7. The molecule has 0 aliphatic rings. The highest BCUT2D eigenvalue weighted by molar-refractivity contribution is 7.86. The summed E-state index contributed by atoms with van der Waals surface area (Å²) in [6, 6.07) is 30.1. The number of aromatic hydroxyl groups is 2. The Bertz CT molecular complexity index is 4080. The summed E-state index contributed by atoms with van der Waals surface area (Å²) >= 11 is 0. The van der Waals surface area contributed by atoms with Gasteiger partial charge < -0.3 is 25.7 Å². The van der Waals surface area contributed by atoms with E-state index in [1.165, 1.54) is 72.8 Å². The molecule has 0 heterocycles. The van der Waals surface area contributed by atoms with Gasteiger partial charge in [0.1, 0.15) is 48.7 Å². The lowest BCUT2D eigenvalue weighted by Gasteiger charge is -2.11. The lowest BCUT2D eigenvalue weighted by atomic mass is 10.1. The zero-order chi connectivity index (χ0) is 52.4. The van der Waals surface area contributed by atoms with Gasteiger partial charge in [0.05, 0.1) is 39.8 Å². The quantitative estimate of drug-likeness (QED) is 0.0349. The van der Waals surface area contributed by atoms with Crippen molar-refractivity contribution in [2.24, 2.45) is 40.9 Å². The van der Waals surface area contributed by atoms with Gasteiger partial charge in [-0.15, -0.1) is 20.5 Å². The van der Waals surface area contributed by atoms with Crippen LogP contribution in [0.25, 0.3) is 21.5 Å². The summed E-state index contributed by atoms with van der Waals surface area (Å²) in [7, 11) is -15.0. The second kappa shape index (κ2) is 19.9. The van der Waals surface area contributed by atoms with Crippen molar-refractivity contribution in [2.45, 2.75) is 14.7 Å². The molecule has 8 N–H and O–H groups in total. The molecule has 8 aromatic rings. The number of carboxylic acid groups (broad SMARTS) is 2. The second-order valence-corrected chi connectivity index (χ2v) is 19.3. The van der Waals surface area contributed by atoms with Gasteiger partial charge in [0.2, 0.25) is 0 Å². The highest BCUT2D eigenvalue weighted by Crippen LogP contribution is 2.43. The zero-order valence-electron chi connectivity index (χ0n) is 36.5. The van der Waals surface area contributed by atoms with E-state index in [1.54, 1.807) is 24.3 Å². The van der Waals surface area contributed by atoms with E-state index in [1.807, 2.05) is 0 Å². The number of hydrogen-bond acceptors (Lipinski definition) is 19. The number of anilines is 2. The molecule has 0 aliphatic heterocycles. The van der Waals surface area contributed by atoms with Crippen LogP contribution < -0.4 is 5.32 Å². The Morgan fingerprint density at radius 3 is 1.19 bits per heavy atom. The number of nitrogens with one attached hydrogen (secondary N) is 1. The van der Waals surface area contributed by atoms with Crippen LogP contribution in [0.1, 0.15) is 20.7 Å².